The Morgan fingerprint density at radius 3 is 2.73 bits per heavy atom. The number of nitrogens with one attached hydrogen (secondary N) is 1. The fourth-order valence-corrected chi connectivity index (χ4v) is 4.30. The Hall–Kier alpha value is -1.81. The summed E-state index contributed by atoms with van der Waals surface area (Å²) in [5, 5.41) is 1.18. The van der Waals surface area contributed by atoms with Crippen molar-refractivity contribution < 1.29 is 4.79 Å². The first-order chi connectivity index (χ1) is 12.6. The van der Waals surface area contributed by atoms with Gasteiger partial charge in [0.15, 0.2) is 0 Å². The van der Waals surface area contributed by atoms with Gasteiger partial charge < -0.3 is 14.8 Å². The maximum atomic E-state index is 13.1. The highest BCUT2D eigenvalue weighted by Crippen LogP contribution is 2.25. The Kier molecular flexibility index (Phi) is 6.02. The summed E-state index contributed by atoms with van der Waals surface area (Å²) in [6, 6.07) is 6.12. The quantitative estimate of drug-likeness (QED) is 0.842. The number of hydrogen-bond acceptors (Lipinski definition) is 2. The zero-order valence-electron chi connectivity index (χ0n) is 16.8. The Morgan fingerprint density at radius 1 is 1.27 bits per heavy atom. The van der Waals surface area contributed by atoms with Crippen LogP contribution in [0.2, 0.25) is 0 Å². The fourth-order valence-electron chi connectivity index (χ4n) is 4.30. The standard InChI is InChI=1S/C22H33N3O/c1-5-20-16(4)19-13-18(10-11-21(19)23-20)22(26)25-12-8-9-17(15-25)14-24(6-2)7-3/h10-11,13,17,23H,5-9,12,14-15H2,1-4H3. The second-order valence-corrected chi connectivity index (χ2v) is 7.59. The molecule has 0 radical (unpaired) electrons. The highest BCUT2D eigenvalue weighted by Gasteiger charge is 2.25. The molecule has 1 aliphatic rings. The smallest absolute Gasteiger partial charge is 0.253 e. The van der Waals surface area contributed by atoms with E-state index in [2.05, 4.69) is 54.6 Å². The fraction of sp³-hybridized carbons (Fsp3) is 0.591. The van der Waals surface area contributed by atoms with Gasteiger partial charge >= 0.3 is 0 Å². The van der Waals surface area contributed by atoms with E-state index >= 15 is 0 Å². The normalized spacial score (nSPS) is 18.0. The van der Waals surface area contributed by atoms with Gasteiger partial charge in [-0.25, -0.2) is 0 Å². The van der Waals surface area contributed by atoms with Gasteiger partial charge in [-0.2, -0.15) is 0 Å². The number of aryl methyl sites for hydroxylation is 2. The second-order valence-electron chi connectivity index (χ2n) is 7.59. The number of benzene rings is 1. The van der Waals surface area contributed by atoms with E-state index < -0.39 is 0 Å². The molecule has 1 fully saturated rings. The molecule has 1 N–H and O–H groups in total. The van der Waals surface area contributed by atoms with Crippen LogP contribution in [0.5, 0.6) is 0 Å². The summed E-state index contributed by atoms with van der Waals surface area (Å²) >= 11 is 0. The predicted molar refractivity (Wildman–Crippen MR) is 109 cm³/mol. The van der Waals surface area contributed by atoms with Crippen molar-refractivity contribution in [3.8, 4) is 0 Å². The van der Waals surface area contributed by atoms with Crippen LogP contribution in [0.3, 0.4) is 0 Å². The van der Waals surface area contributed by atoms with Crippen molar-refractivity contribution in [2.24, 2.45) is 5.92 Å². The minimum Gasteiger partial charge on any atom is -0.358 e. The van der Waals surface area contributed by atoms with E-state index in [0.717, 1.165) is 56.6 Å². The minimum atomic E-state index is 0.190. The van der Waals surface area contributed by atoms with Crippen molar-refractivity contribution in [1.82, 2.24) is 14.8 Å². The number of amides is 1. The molecule has 4 nitrogen and oxygen atoms in total. The van der Waals surface area contributed by atoms with Crippen molar-refractivity contribution in [3.63, 3.8) is 0 Å². The van der Waals surface area contributed by atoms with Crippen molar-refractivity contribution in [2.45, 2.75) is 47.0 Å². The molecule has 1 saturated heterocycles. The molecule has 2 heterocycles. The summed E-state index contributed by atoms with van der Waals surface area (Å²) in [5.74, 6) is 0.784. The molecule has 26 heavy (non-hydrogen) atoms. The summed E-state index contributed by atoms with van der Waals surface area (Å²) < 4.78 is 0. The lowest BCUT2D eigenvalue weighted by Crippen LogP contribution is -2.43. The van der Waals surface area contributed by atoms with Gasteiger partial charge in [0.05, 0.1) is 0 Å². The van der Waals surface area contributed by atoms with Gasteiger partial charge in [0.1, 0.15) is 0 Å². The number of rotatable bonds is 6. The first-order valence-corrected chi connectivity index (χ1v) is 10.2. The van der Waals surface area contributed by atoms with Gasteiger partial charge in [0.25, 0.3) is 5.91 Å². The summed E-state index contributed by atoms with van der Waals surface area (Å²) in [6.45, 7) is 13.8. The number of aromatic nitrogens is 1. The van der Waals surface area contributed by atoms with E-state index in [1.807, 2.05) is 6.07 Å². The predicted octanol–water partition coefficient (Wildman–Crippen LogP) is 4.23. The van der Waals surface area contributed by atoms with Gasteiger partial charge in [-0.1, -0.05) is 20.8 Å². The van der Waals surface area contributed by atoms with Gasteiger partial charge in [0.2, 0.25) is 0 Å². The van der Waals surface area contributed by atoms with E-state index in [4.69, 9.17) is 0 Å². The van der Waals surface area contributed by atoms with Crippen LogP contribution in [-0.4, -0.2) is 53.4 Å². The van der Waals surface area contributed by atoms with Crippen LogP contribution in [0.1, 0.15) is 55.2 Å². The molecule has 1 aromatic heterocycles. The summed E-state index contributed by atoms with van der Waals surface area (Å²) in [6.07, 6.45) is 3.34. The third-order valence-electron chi connectivity index (χ3n) is 5.98. The lowest BCUT2D eigenvalue weighted by Gasteiger charge is -2.35. The van der Waals surface area contributed by atoms with Crippen LogP contribution in [-0.2, 0) is 6.42 Å². The second kappa shape index (κ2) is 8.26. The molecule has 4 heteroatoms. The molecule has 0 bridgehead atoms. The van der Waals surface area contributed by atoms with Gasteiger partial charge in [0, 0.05) is 41.8 Å². The van der Waals surface area contributed by atoms with E-state index in [0.29, 0.717) is 5.92 Å². The molecule has 0 spiro atoms. The number of fused-ring (bicyclic) bond motifs is 1. The van der Waals surface area contributed by atoms with Crippen LogP contribution >= 0.6 is 0 Å². The first-order valence-electron chi connectivity index (χ1n) is 10.2. The van der Waals surface area contributed by atoms with Crippen LogP contribution < -0.4 is 0 Å². The molecule has 0 saturated carbocycles. The number of piperidine rings is 1. The lowest BCUT2D eigenvalue weighted by atomic mass is 9.96. The highest BCUT2D eigenvalue weighted by molar-refractivity contribution is 5.99. The zero-order valence-corrected chi connectivity index (χ0v) is 16.8. The highest BCUT2D eigenvalue weighted by atomic mass is 16.2. The van der Waals surface area contributed by atoms with Crippen LogP contribution in [0, 0.1) is 12.8 Å². The molecule has 142 valence electrons. The average molecular weight is 356 g/mol. The molecule has 1 amide bonds. The molecule has 1 atom stereocenters. The number of H-pyrrole nitrogens is 1. The van der Waals surface area contributed by atoms with Crippen molar-refractivity contribution in [1.29, 1.82) is 0 Å². The van der Waals surface area contributed by atoms with Crippen LogP contribution in [0.25, 0.3) is 10.9 Å². The third kappa shape index (κ3) is 3.80. The van der Waals surface area contributed by atoms with Crippen molar-refractivity contribution >= 4 is 16.8 Å². The number of aromatic amines is 1. The minimum absolute atomic E-state index is 0.190. The van der Waals surface area contributed by atoms with Crippen molar-refractivity contribution in [2.75, 3.05) is 32.7 Å². The topological polar surface area (TPSA) is 39.3 Å². The molecular formula is C22H33N3O. The third-order valence-corrected chi connectivity index (χ3v) is 5.98. The zero-order chi connectivity index (χ0) is 18.7. The number of likely N-dealkylation sites (tertiary alicyclic amines) is 1. The molecule has 1 aliphatic heterocycles. The monoisotopic (exact) mass is 355 g/mol. The molecule has 3 rings (SSSR count). The van der Waals surface area contributed by atoms with E-state index in [9.17, 15) is 4.79 Å². The van der Waals surface area contributed by atoms with Gasteiger partial charge in [-0.15, -0.1) is 0 Å². The summed E-state index contributed by atoms with van der Waals surface area (Å²) in [7, 11) is 0. The SMILES string of the molecule is CCc1[nH]c2ccc(C(=O)N3CCCC(CN(CC)CC)C3)cc2c1C. The lowest BCUT2D eigenvalue weighted by molar-refractivity contribution is 0.0644. The first kappa shape index (κ1) is 19.0. The Bertz CT molecular complexity index is 760. The molecule has 1 aromatic carbocycles. The Balaban J connectivity index is 1.75. The van der Waals surface area contributed by atoms with Gasteiger partial charge in [-0.05, 0) is 69.0 Å². The van der Waals surface area contributed by atoms with Crippen LogP contribution in [0.4, 0.5) is 0 Å². The van der Waals surface area contributed by atoms with Crippen LogP contribution in [0.15, 0.2) is 18.2 Å². The maximum Gasteiger partial charge on any atom is 0.253 e. The largest absolute Gasteiger partial charge is 0.358 e. The molecule has 0 aliphatic carbocycles. The number of carbonyl (C=O) groups is 1. The maximum absolute atomic E-state index is 13.1. The van der Waals surface area contributed by atoms with Crippen molar-refractivity contribution in [3.05, 3.63) is 35.0 Å². The number of nitrogens with zero attached hydrogens (tertiary/aromatic N) is 2. The summed E-state index contributed by atoms with van der Waals surface area (Å²) in [5.41, 5.74) is 4.50. The number of carbonyl (C=O) groups excluding carboxylic acids is 1. The van der Waals surface area contributed by atoms with E-state index in [1.165, 1.54) is 23.1 Å². The van der Waals surface area contributed by atoms with E-state index in [1.54, 1.807) is 0 Å². The average Bonchev–Trinajstić information content (AvgIpc) is 3.01. The molecular weight excluding hydrogens is 322 g/mol. The summed E-state index contributed by atoms with van der Waals surface area (Å²) in [4.78, 5) is 21.1. The molecule has 1 unspecified atom stereocenters. The van der Waals surface area contributed by atoms with E-state index in [-0.39, 0.29) is 5.91 Å². The Labute approximate surface area is 157 Å². The number of hydrogen-bond donors (Lipinski definition) is 1. The Morgan fingerprint density at radius 2 is 2.04 bits per heavy atom. The molecule has 2 aromatic rings. The van der Waals surface area contributed by atoms with Gasteiger partial charge in [-0.3, -0.25) is 4.79 Å².